The maximum absolute atomic E-state index is 5.95. The van der Waals surface area contributed by atoms with Gasteiger partial charge in [-0.05, 0) is 32.0 Å². The summed E-state index contributed by atoms with van der Waals surface area (Å²) in [4.78, 5) is 9.26. The summed E-state index contributed by atoms with van der Waals surface area (Å²) in [6, 6.07) is 7.66. The van der Waals surface area contributed by atoms with E-state index in [0.29, 0.717) is 12.5 Å². The summed E-state index contributed by atoms with van der Waals surface area (Å²) >= 11 is 0. The van der Waals surface area contributed by atoms with Crippen molar-refractivity contribution in [3.05, 3.63) is 24.3 Å². The molecule has 2 unspecified atom stereocenters. The smallest absolute Gasteiger partial charge is 0.191 e. The monoisotopic (exact) mass is 391 g/mol. The summed E-state index contributed by atoms with van der Waals surface area (Å²) in [6.07, 6.45) is 0.00780. The zero-order valence-corrected chi connectivity index (χ0v) is 18.1. The van der Waals surface area contributed by atoms with Crippen LogP contribution in [-0.4, -0.2) is 88.9 Å². The molecule has 1 aromatic rings. The molecule has 2 N–H and O–H groups in total. The van der Waals surface area contributed by atoms with Crippen molar-refractivity contribution >= 4 is 5.96 Å². The van der Waals surface area contributed by atoms with Crippen molar-refractivity contribution in [1.29, 1.82) is 0 Å². The molecule has 1 aromatic carbocycles. The average Bonchev–Trinajstić information content (AvgIpc) is 2.70. The van der Waals surface area contributed by atoms with Crippen LogP contribution in [0, 0.1) is 5.92 Å². The van der Waals surface area contributed by atoms with E-state index in [1.807, 2.05) is 31.2 Å². The Morgan fingerprint density at radius 1 is 1.11 bits per heavy atom. The molecule has 158 valence electrons. The number of nitrogens with one attached hydrogen (secondary N) is 2. The summed E-state index contributed by atoms with van der Waals surface area (Å²) in [7, 11) is 5.65. The molecule has 0 spiro atoms. The Hall–Kier alpha value is -1.99. The Morgan fingerprint density at radius 2 is 1.79 bits per heavy atom. The second-order valence-electron chi connectivity index (χ2n) is 7.65. The van der Waals surface area contributed by atoms with Gasteiger partial charge in [0, 0.05) is 52.4 Å². The molecule has 1 fully saturated rings. The number of guanidine groups is 1. The van der Waals surface area contributed by atoms with Crippen molar-refractivity contribution in [3.8, 4) is 11.5 Å². The largest absolute Gasteiger partial charge is 0.497 e. The van der Waals surface area contributed by atoms with Gasteiger partial charge in [-0.3, -0.25) is 4.99 Å². The number of aliphatic imine (C=N–C) groups is 1. The van der Waals surface area contributed by atoms with Crippen molar-refractivity contribution in [3.63, 3.8) is 0 Å². The van der Waals surface area contributed by atoms with Gasteiger partial charge in [0.1, 0.15) is 17.6 Å². The minimum Gasteiger partial charge on any atom is -0.497 e. The molecule has 2 atom stereocenters. The Balaban J connectivity index is 1.67. The highest BCUT2D eigenvalue weighted by Crippen LogP contribution is 2.19. The van der Waals surface area contributed by atoms with Gasteiger partial charge >= 0.3 is 0 Å². The Bertz CT molecular complexity index is 602. The van der Waals surface area contributed by atoms with E-state index in [1.165, 1.54) is 0 Å². The zero-order valence-electron chi connectivity index (χ0n) is 18.1. The summed E-state index contributed by atoms with van der Waals surface area (Å²) < 4.78 is 11.2. The summed E-state index contributed by atoms with van der Waals surface area (Å²) in [5.74, 6) is 2.97. The van der Waals surface area contributed by atoms with Gasteiger partial charge in [-0.2, -0.15) is 0 Å². The maximum atomic E-state index is 5.95. The number of nitrogens with zero attached hydrogens (tertiary/aromatic N) is 3. The van der Waals surface area contributed by atoms with E-state index in [0.717, 1.165) is 56.7 Å². The predicted molar refractivity (Wildman–Crippen MR) is 116 cm³/mol. The van der Waals surface area contributed by atoms with Gasteiger partial charge in [0.15, 0.2) is 5.96 Å². The molecule has 2 rings (SSSR count). The second kappa shape index (κ2) is 11.8. The van der Waals surface area contributed by atoms with Crippen LogP contribution in [0.3, 0.4) is 0 Å². The SMILES string of the molecule is CN=C(NCC(C)CN1CCN(C)CC1)NCC(C)Oc1cccc(OC)c1. The molecule has 1 aliphatic rings. The van der Waals surface area contributed by atoms with Crippen LogP contribution in [0.4, 0.5) is 0 Å². The molecule has 1 aliphatic heterocycles. The van der Waals surface area contributed by atoms with Crippen LogP contribution in [0.25, 0.3) is 0 Å². The van der Waals surface area contributed by atoms with Gasteiger partial charge in [-0.15, -0.1) is 0 Å². The predicted octanol–water partition coefficient (Wildman–Crippen LogP) is 1.51. The number of hydrogen-bond acceptors (Lipinski definition) is 5. The minimum atomic E-state index is 0.00780. The van der Waals surface area contributed by atoms with Crippen molar-refractivity contribution in [2.45, 2.75) is 20.0 Å². The van der Waals surface area contributed by atoms with Crippen molar-refractivity contribution in [1.82, 2.24) is 20.4 Å². The molecule has 0 saturated carbocycles. The van der Waals surface area contributed by atoms with Crippen LogP contribution < -0.4 is 20.1 Å². The lowest BCUT2D eigenvalue weighted by atomic mass is 10.1. The maximum Gasteiger partial charge on any atom is 0.191 e. The van der Waals surface area contributed by atoms with E-state index < -0.39 is 0 Å². The number of hydrogen-bond donors (Lipinski definition) is 2. The number of likely N-dealkylation sites (N-methyl/N-ethyl adjacent to an activating group) is 1. The van der Waals surface area contributed by atoms with Crippen LogP contribution in [0.5, 0.6) is 11.5 Å². The number of benzene rings is 1. The highest BCUT2D eigenvalue weighted by molar-refractivity contribution is 5.79. The topological polar surface area (TPSA) is 61.4 Å². The van der Waals surface area contributed by atoms with Gasteiger partial charge in [0.25, 0.3) is 0 Å². The fourth-order valence-electron chi connectivity index (χ4n) is 3.22. The van der Waals surface area contributed by atoms with Gasteiger partial charge in [0.2, 0.25) is 0 Å². The normalized spacial score (nSPS) is 18.4. The average molecular weight is 392 g/mol. The van der Waals surface area contributed by atoms with E-state index >= 15 is 0 Å². The van der Waals surface area contributed by atoms with Gasteiger partial charge < -0.3 is 29.9 Å². The number of ether oxygens (including phenoxy) is 2. The third-order valence-electron chi connectivity index (χ3n) is 4.94. The second-order valence-corrected chi connectivity index (χ2v) is 7.65. The molecular formula is C21H37N5O2. The minimum absolute atomic E-state index is 0.00780. The van der Waals surface area contributed by atoms with Gasteiger partial charge in [-0.25, -0.2) is 0 Å². The summed E-state index contributed by atoms with van der Waals surface area (Å²) in [5.41, 5.74) is 0. The highest BCUT2D eigenvalue weighted by atomic mass is 16.5. The van der Waals surface area contributed by atoms with Crippen LogP contribution in [-0.2, 0) is 0 Å². The lowest BCUT2D eigenvalue weighted by molar-refractivity contribution is 0.139. The Kier molecular flexibility index (Phi) is 9.37. The molecule has 1 saturated heterocycles. The highest BCUT2D eigenvalue weighted by Gasteiger charge is 2.16. The third-order valence-corrected chi connectivity index (χ3v) is 4.94. The first-order valence-corrected chi connectivity index (χ1v) is 10.2. The molecule has 1 heterocycles. The van der Waals surface area contributed by atoms with Crippen LogP contribution in [0.1, 0.15) is 13.8 Å². The molecule has 28 heavy (non-hydrogen) atoms. The quantitative estimate of drug-likeness (QED) is 0.492. The van der Waals surface area contributed by atoms with Gasteiger partial charge in [-0.1, -0.05) is 13.0 Å². The first-order valence-electron chi connectivity index (χ1n) is 10.2. The number of rotatable bonds is 9. The zero-order chi connectivity index (χ0) is 20.4. The van der Waals surface area contributed by atoms with Crippen LogP contribution in [0.2, 0.25) is 0 Å². The van der Waals surface area contributed by atoms with E-state index in [4.69, 9.17) is 9.47 Å². The van der Waals surface area contributed by atoms with Gasteiger partial charge in [0.05, 0.1) is 13.7 Å². The van der Waals surface area contributed by atoms with Crippen molar-refractivity contribution < 1.29 is 9.47 Å². The third kappa shape index (κ3) is 7.94. The first-order chi connectivity index (χ1) is 13.5. The summed E-state index contributed by atoms with van der Waals surface area (Å²) in [6.45, 7) is 11.7. The number of piperazine rings is 1. The molecule has 0 amide bonds. The van der Waals surface area contributed by atoms with Crippen molar-refractivity contribution in [2.24, 2.45) is 10.9 Å². The number of methoxy groups -OCH3 is 1. The molecule has 0 aliphatic carbocycles. The fraction of sp³-hybridized carbons (Fsp3) is 0.667. The molecule has 7 nitrogen and oxygen atoms in total. The van der Waals surface area contributed by atoms with E-state index in [9.17, 15) is 0 Å². The molecule has 7 heteroatoms. The lowest BCUT2D eigenvalue weighted by Gasteiger charge is -2.34. The molecular weight excluding hydrogens is 354 g/mol. The molecule has 0 bridgehead atoms. The van der Waals surface area contributed by atoms with Crippen LogP contribution >= 0.6 is 0 Å². The molecule has 0 radical (unpaired) electrons. The summed E-state index contributed by atoms with van der Waals surface area (Å²) in [5, 5.41) is 6.78. The van der Waals surface area contributed by atoms with E-state index in [-0.39, 0.29) is 6.10 Å². The molecule has 0 aromatic heterocycles. The van der Waals surface area contributed by atoms with Crippen LogP contribution in [0.15, 0.2) is 29.3 Å². The van der Waals surface area contributed by atoms with E-state index in [1.54, 1.807) is 14.2 Å². The lowest BCUT2D eigenvalue weighted by Crippen LogP contribution is -2.48. The Morgan fingerprint density at radius 3 is 2.46 bits per heavy atom. The standard InChI is InChI=1S/C21H37N5O2/c1-17(16-26-11-9-25(4)10-12-26)14-23-21(22-3)24-15-18(2)28-20-8-6-7-19(13-20)27-5/h6-8,13,17-18H,9-12,14-16H2,1-5H3,(H2,22,23,24). The van der Waals surface area contributed by atoms with Crippen molar-refractivity contribution in [2.75, 3.05) is 67.0 Å². The first kappa shape index (κ1) is 22.3. The van der Waals surface area contributed by atoms with E-state index in [2.05, 4.69) is 39.4 Å². The fourth-order valence-corrected chi connectivity index (χ4v) is 3.22. The Labute approximate surface area is 170 Å².